The van der Waals surface area contributed by atoms with E-state index in [1.54, 1.807) is 7.11 Å². The molecule has 1 fully saturated rings. The number of nitrogens with one attached hydrogen (secondary N) is 1. The van der Waals surface area contributed by atoms with Crippen LogP contribution in [-0.4, -0.2) is 52.2 Å². The molecule has 2 heterocycles. The number of Topliss-reactive ketones (excluding diaryl/α,β-unsaturated/α-hetero) is 1. The SMILES string of the molecule is COc1c(C(C)(C)C)cc(C2=CC=CCC2=O)c2ncc(N3CC[C@H](CNS(C)(=O)=O)C3)cc12. The van der Waals surface area contributed by atoms with Gasteiger partial charge in [0.2, 0.25) is 10.0 Å². The molecule has 34 heavy (non-hydrogen) atoms. The summed E-state index contributed by atoms with van der Waals surface area (Å²) in [4.78, 5) is 19.8. The Labute approximate surface area is 201 Å². The first-order valence-corrected chi connectivity index (χ1v) is 13.5. The predicted molar refractivity (Wildman–Crippen MR) is 137 cm³/mol. The molecule has 1 aliphatic heterocycles. The third-order valence-corrected chi connectivity index (χ3v) is 7.19. The number of ketones is 1. The lowest BCUT2D eigenvalue weighted by Gasteiger charge is -2.26. The van der Waals surface area contributed by atoms with Crippen molar-refractivity contribution < 1.29 is 17.9 Å². The van der Waals surface area contributed by atoms with Gasteiger partial charge in [-0.15, -0.1) is 0 Å². The zero-order valence-corrected chi connectivity index (χ0v) is 21.3. The molecule has 8 heteroatoms. The Kier molecular flexibility index (Phi) is 6.57. The number of anilines is 1. The second-order valence-electron chi connectivity index (χ2n) is 10.2. The van der Waals surface area contributed by atoms with Crippen molar-refractivity contribution in [3.63, 3.8) is 0 Å². The summed E-state index contributed by atoms with van der Waals surface area (Å²) in [6.45, 7) is 8.41. The van der Waals surface area contributed by atoms with E-state index < -0.39 is 10.0 Å². The smallest absolute Gasteiger partial charge is 0.208 e. The molecular formula is C26H33N3O4S. The van der Waals surface area contributed by atoms with E-state index in [1.165, 1.54) is 6.26 Å². The molecule has 1 aromatic carbocycles. The third kappa shape index (κ3) is 5.03. The number of aromatic nitrogens is 1. The molecule has 2 aliphatic rings. The van der Waals surface area contributed by atoms with Gasteiger partial charge in [-0.05, 0) is 29.9 Å². The van der Waals surface area contributed by atoms with Crippen LogP contribution in [0.15, 0.2) is 36.6 Å². The van der Waals surface area contributed by atoms with Crippen molar-refractivity contribution in [2.24, 2.45) is 5.92 Å². The zero-order chi connectivity index (χ0) is 24.7. The lowest BCUT2D eigenvalue weighted by molar-refractivity contribution is -0.113. The number of pyridine rings is 1. The van der Waals surface area contributed by atoms with Gasteiger partial charge in [0.05, 0.1) is 30.8 Å². The van der Waals surface area contributed by atoms with E-state index in [2.05, 4.69) is 42.5 Å². The van der Waals surface area contributed by atoms with Crippen LogP contribution in [0, 0.1) is 5.92 Å². The molecule has 1 aliphatic carbocycles. The van der Waals surface area contributed by atoms with Crippen molar-refractivity contribution in [2.75, 3.05) is 37.9 Å². The van der Waals surface area contributed by atoms with Gasteiger partial charge in [0.15, 0.2) is 5.78 Å². The van der Waals surface area contributed by atoms with Crippen LogP contribution >= 0.6 is 0 Å². The summed E-state index contributed by atoms with van der Waals surface area (Å²) >= 11 is 0. The fourth-order valence-corrected chi connectivity index (χ4v) is 5.24. The van der Waals surface area contributed by atoms with Crippen molar-refractivity contribution in [2.45, 2.75) is 39.0 Å². The number of carbonyl (C=O) groups is 1. The number of ether oxygens (including phenoxy) is 1. The molecule has 2 aromatic rings. The monoisotopic (exact) mass is 483 g/mol. The fraction of sp³-hybridized carbons (Fsp3) is 0.462. The van der Waals surface area contributed by atoms with Crippen LogP contribution in [-0.2, 0) is 20.2 Å². The molecule has 4 rings (SSSR count). The number of carbonyl (C=O) groups excluding carboxylic acids is 1. The van der Waals surface area contributed by atoms with E-state index >= 15 is 0 Å². The molecule has 182 valence electrons. The molecule has 1 N–H and O–H groups in total. The summed E-state index contributed by atoms with van der Waals surface area (Å²) in [5, 5.41) is 0.878. The molecule has 1 atom stereocenters. The van der Waals surface area contributed by atoms with E-state index in [-0.39, 0.29) is 17.1 Å². The van der Waals surface area contributed by atoms with Gasteiger partial charge in [-0.3, -0.25) is 9.78 Å². The number of sulfonamides is 1. The molecule has 0 radical (unpaired) electrons. The van der Waals surface area contributed by atoms with Gasteiger partial charge in [0, 0.05) is 48.1 Å². The Morgan fingerprint density at radius 3 is 2.68 bits per heavy atom. The summed E-state index contributed by atoms with van der Waals surface area (Å²) in [5.41, 5.74) is 4.05. The normalized spacial score (nSPS) is 19.1. The predicted octanol–water partition coefficient (Wildman–Crippen LogP) is 3.83. The molecular weight excluding hydrogens is 450 g/mol. The van der Waals surface area contributed by atoms with Gasteiger partial charge in [0.25, 0.3) is 0 Å². The zero-order valence-electron chi connectivity index (χ0n) is 20.5. The van der Waals surface area contributed by atoms with Crippen molar-refractivity contribution in [3.8, 4) is 5.75 Å². The second kappa shape index (κ2) is 9.15. The Balaban J connectivity index is 1.79. The Hall–Kier alpha value is -2.71. The molecule has 0 saturated carbocycles. The van der Waals surface area contributed by atoms with Gasteiger partial charge >= 0.3 is 0 Å². The standard InChI is InChI=1S/C26H33N3O4S/c1-26(2,3)22-13-20(19-8-6-7-9-23(19)30)24-21(25(22)33-4)12-18(15-27-24)29-11-10-17(16-29)14-28-34(5,31)32/h6-8,12-13,15,17,28H,9-11,14,16H2,1-5H3/t17-/m1/s1. The number of hydrogen-bond donors (Lipinski definition) is 1. The number of methoxy groups -OCH3 is 1. The summed E-state index contributed by atoms with van der Waals surface area (Å²) in [7, 11) is -1.53. The highest BCUT2D eigenvalue weighted by Gasteiger charge is 2.28. The molecule has 0 spiro atoms. The average Bonchev–Trinajstić information content (AvgIpc) is 3.25. The minimum atomic E-state index is -3.21. The maximum absolute atomic E-state index is 12.8. The van der Waals surface area contributed by atoms with Crippen LogP contribution in [0.25, 0.3) is 16.5 Å². The largest absolute Gasteiger partial charge is 0.496 e. The van der Waals surface area contributed by atoms with Gasteiger partial charge in [-0.25, -0.2) is 13.1 Å². The summed E-state index contributed by atoms with van der Waals surface area (Å²) in [6.07, 6.45) is 9.99. The fourth-order valence-electron chi connectivity index (χ4n) is 4.71. The van der Waals surface area contributed by atoms with Crippen LogP contribution in [0.5, 0.6) is 5.75 Å². The first kappa shape index (κ1) is 24.4. The molecule has 1 aromatic heterocycles. The number of benzene rings is 1. The highest BCUT2D eigenvalue weighted by Crippen LogP contribution is 2.42. The first-order chi connectivity index (χ1) is 16.0. The maximum Gasteiger partial charge on any atom is 0.208 e. The number of hydrogen-bond acceptors (Lipinski definition) is 6. The average molecular weight is 484 g/mol. The van der Waals surface area contributed by atoms with Crippen LogP contribution in [0.4, 0.5) is 5.69 Å². The number of nitrogens with zero attached hydrogens (tertiary/aromatic N) is 2. The topological polar surface area (TPSA) is 88.6 Å². The number of fused-ring (bicyclic) bond motifs is 1. The van der Waals surface area contributed by atoms with Crippen molar-refractivity contribution in [3.05, 3.63) is 47.7 Å². The lowest BCUT2D eigenvalue weighted by atomic mass is 9.82. The minimum absolute atomic E-state index is 0.0838. The number of allylic oxidation sites excluding steroid dienone is 4. The molecule has 0 unspecified atom stereocenters. The quantitative estimate of drug-likeness (QED) is 0.672. The summed E-state index contributed by atoms with van der Waals surface area (Å²) < 4.78 is 31.5. The molecule has 7 nitrogen and oxygen atoms in total. The van der Waals surface area contributed by atoms with Crippen molar-refractivity contribution >= 4 is 38.0 Å². The van der Waals surface area contributed by atoms with Crippen LogP contribution in [0.2, 0.25) is 0 Å². The van der Waals surface area contributed by atoms with E-state index in [4.69, 9.17) is 9.72 Å². The van der Waals surface area contributed by atoms with Crippen molar-refractivity contribution in [1.82, 2.24) is 9.71 Å². The molecule has 0 amide bonds. The summed E-state index contributed by atoms with van der Waals surface area (Å²) in [5.74, 6) is 1.09. The summed E-state index contributed by atoms with van der Waals surface area (Å²) in [6, 6.07) is 4.15. The van der Waals surface area contributed by atoms with Gasteiger partial charge in [-0.2, -0.15) is 0 Å². The van der Waals surface area contributed by atoms with Crippen LogP contribution in [0.3, 0.4) is 0 Å². The van der Waals surface area contributed by atoms with E-state index in [0.29, 0.717) is 18.5 Å². The first-order valence-electron chi connectivity index (χ1n) is 11.6. The third-order valence-electron chi connectivity index (χ3n) is 6.50. The Morgan fingerprint density at radius 2 is 2.03 bits per heavy atom. The Bertz CT molecular complexity index is 1290. The van der Waals surface area contributed by atoms with Gasteiger partial charge < -0.3 is 9.64 Å². The van der Waals surface area contributed by atoms with E-state index in [0.717, 1.165) is 53.0 Å². The van der Waals surface area contributed by atoms with Gasteiger partial charge in [0.1, 0.15) is 5.75 Å². The van der Waals surface area contributed by atoms with Crippen LogP contribution < -0.4 is 14.4 Å². The number of rotatable bonds is 6. The minimum Gasteiger partial charge on any atom is -0.496 e. The lowest BCUT2D eigenvalue weighted by Crippen LogP contribution is -2.30. The Morgan fingerprint density at radius 1 is 1.26 bits per heavy atom. The highest BCUT2D eigenvalue weighted by molar-refractivity contribution is 7.88. The van der Waals surface area contributed by atoms with Gasteiger partial charge in [-0.1, -0.05) is 39.0 Å². The molecule has 0 bridgehead atoms. The van der Waals surface area contributed by atoms with E-state index in [1.807, 2.05) is 24.4 Å². The highest BCUT2D eigenvalue weighted by atomic mass is 32.2. The van der Waals surface area contributed by atoms with Crippen molar-refractivity contribution in [1.29, 1.82) is 0 Å². The van der Waals surface area contributed by atoms with Crippen LogP contribution in [0.1, 0.15) is 44.7 Å². The maximum atomic E-state index is 12.8. The second-order valence-corrected chi connectivity index (χ2v) is 12.0. The van der Waals surface area contributed by atoms with E-state index in [9.17, 15) is 13.2 Å². The molecule has 1 saturated heterocycles.